The Morgan fingerprint density at radius 2 is 2.44 bits per heavy atom. The third-order valence-electron chi connectivity index (χ3n) is 1.07. The second kappa shape index (κ2) is 2.33. The van der Waals surface area contributed by atoms with Gasteiger partial charge < -0.3 is 10.1 Å². The van der Waals surface area contributed by atoms with Crippen LogP contribution in [0.25, 0.3) is 0 Å². The highest BCUT2D eigenvalue weighted by Gasteiger charge is 1.99. The Morgan fingerprint density at radius 3 is 2.67 bits per heavy atom. The molecule has 0 bridgehead atoms. The van der Waals surface area contributed by atoms with E-state index in [-0.39, 0.29) is 11.5 Å². The van der Waals surface area contributed by atoms with Gasteiger partial charge in [0.25, 0.3) is 0 Å². The predicted molar refractivity (Wildman–Crippen MR) is 35.6 cm³/mol. The maximum absolute atomic E-state index is 10.5. The number of hydrogen-bond acceptors (Lipinski definition) is 3. The fourth-order valence-electron chi connectivity index (χ4n) is 0.588. The van der Waals surface area contributed by atoms with Crippen molar-refractivity contribution in [3.05, 3.63) is 20.2 Å². The van der Waals surface area contributed by atoms with Gasteiger partial charge in [-0.15, -0.1) is 0 Å². The highest BCUT2D eigenvalue weighted by atomic mass is 32.1. The van der Waals surface area contributed by atoms with Crippen molar-refractivity contribution in [2.24, 2.45) is 0 Å². The van der Waals surface area contributed by atoms with Gasteiger partial charge in [-0.25, -0.2) is 0 Å². The fraction of sp³-hybridized carbons (Fsp3) is 0.400. The number of aromatic amines is 1. The molecule has 4 heteroatoms. The van der Waals surface area contributed by atoms with Crippen molar-refractivity contribution in [2.75, 3.05) is 0 Å². The summed E-state index contributed by atoms with van der Waals surface area (Å²) in [6.45, 7) is 1.72. The Bertz CT molecular complexity index is 250. The molecule has 0 aliphatic heterocycles. The first-order chi connectivity index (χ1) is 4.24. The molecule has 0 saturated carbocycles. The van der Waals surface area contributed by atoms with Gasteiger partial charge in [-0.2, -0.15) is 0 Å². The maximum Gasteiger partial charge on any atom is 0.305 e. The molecule has 1 aromatic heterocycles. The lowest BCUT2D eigenvalue weighted by Gasteiger charge is -1.85. The van der Waals surface area contributed by atoms with Crippen LogP contribution in [0.2, 0.25) is 0 Å². The highest BCUT2D eigenvalue weighted by Crippen LogP contribution is 2.05. The number of rotatable bonds is 1. The lowest BCUT2D eigenvalue weighted by Crippen LogP contribution is -1.91. The zero-order valence-electron chi connectivity index (χ0n) is 4.97. The first kappa shape index (κ1) is 6.51. The SMILES string of the molecule is Cc1[nH]c(=O)sc1CO. The summed E-state index contributed by atoms with van der Waals surface area (Å²) in [5.74, 6) is 0. The van der Waals surface area contributed by atoms with Crippen LogP contribution < -0.4 is 4.87 Å². The fourth-order valence-corrected chi connectivity index (χ4v) is 1.28. The molecule has 0 atom stereocenters. The van der Waals surface area contributed by atoms with Crippen LogP contribution in [0, 0.1) is 6.92 Å². The molecule has 50 valence electrons. The van der Waals surface area contributed by atoms with Crippen molar-refractivity contribution in [1.29, 1.82) is 0 Å². The second-order valence-corrected chi connectivity index (χ2v) is 2.79. The summed E-state index contributed by atoms with van der Waals surface area (Å²) in [6, 6.07) is 0. The minimum absolute atomic E-state index is 0.0464. The smallest absolute Gasteiger partial charge is 0.305 e. The predicted octanol–water partition coefficient (Wildman–Crippen LogP) is 0.237. The van der Waals surface area contributed by atoms with Gasteiger partial charge in [-0.05, 0) is 6.92 Å². The quantitative estimate of drug-likeness (QED) is 0.594. The topological polar surface area (TPSA) is 53.1 Å². The van der Waals surface area contributed by atoms with Gasteiger partial charge in [0.2, 0.25) is 0 Å². The summed E-state index contributed by atoms with van der Waals surface area (Å²) < 4.78 is 0. The molecule has 9 heavy (non-hydrogen) atoms. The molecule has 3 nitrogen and oxygen atoms in total. The van der Waals surface area contributed by atoms with Crippen LogP contribution in [0.4, 0.5) is 0 Å². The summed E-state index contributed by atoms with van der Waals surface area (Å²) in [5.41, 5.74) is 0.771. The minimum atomic E-state index is -0.100. The normalized spacial score (nSPS) is 10.0. The lowest BCUT2D eigenvalue weighted by molar-refractivity contribution is 0.284. The molecule has 1 rings (SSSR count). The number of aryl methyl sites for hydroxylation is 1. The van der Waals surface area contributed by atoms with E-state index < -0.39 is 0 Å². The molecule has 0 fully saturated rings. The third-order valence-corrected chi connectivity index (χ3v) is 2.04. The monoisotopic (exact) mass is 145 g/mol. The molecular weight excluding hydrogens is 138 g/mol. The van der Waals surface area contributed by atoms with E-state index in [1.54, 1.807) is 6.92 Å². The zero-order valence-corrected chi connectivity index (χ0v) is 5.79. The molecular formula is C5H7NO2S. The van der Waals surface area contributed by atoms with Gasteiger partial charge in [0.1, 0.15) is 0 Å². The van der Waals surface area contributed by atoms with Crippen molar-refractivity contribution in [1.82, 2.24) is 4.98 Å². The third kappa shape index (κ3) is 1.20. The molecule has 0 saturated heterocycles. The molecule has 2 N–H and O–H groups in total. The van der Waals surface area contributed by atoms with Crippen molar-refractivity contribution in [3.8, 4) is 0 Å². The zero-order chi connectivity index (χ0) is 6.85. The van der Waals surface area contributed by atoms with Crippen LogP contribution >= 0.6 is 11.3 Å². The van der Waals surface area contributed by atoms with E-state index in [1.165, 1.54) is 0 Å². The molecule has 0 aliphatic carbocycles. The Hall–Kier alpha value is -0.610. The van der Waals surface area contributed by atoms with E-state index >= 15 is 0 Å². The van der Waals surface area contributed by atoms with Crippen molar-refractivity contribution in [2.45, 2.75) is 13.5 Å². The molecule has 0 spiro atoms. The molecule has 0 unspecified atom stereocenters. The van der Waals surface area contributed by atoms with Gasteiger partial charge in [0, 0.05) is 5.69 Å². The summed E-state index contributed by atoms with van der Waals surface area (Å²) in [7, 11) is 0. The highest BCUT2D eigenvalue weighted by molar-refractivity contribution is 7.09. The minimum Gasteiger partial charge on any atom is -0.391 e. The summed E-state index contributed by atoms with van der Waals surface area (Å²) >= 11 is 1.05. The average Bonchev–Trinajstić information content (AvgIpc) is 2.10. The Morgan fingerprint density at radius 1 is 1.78 bits per heavy atom. The number of thiazole rings is 1. The van der Waals surface area contributed by atoms with Gasteiger partial charge in [-0.3, -0.25) is 4.79 Å². The van der Waals surface area contributed by atoms with Crippen LogP contribution in [0.15, 0.2) is 4.79 Å². The standard InChI is InChI=1S/C5H7NO2S/c1-3-4(2-7)9-5(8)6-3/h7H,2H2,1H3,(H,6,8). The van der Waals surface area contributed by atoms with Gasteiger partial charge in [-0.1, -0.05) is 11.3 Å². The van der Waals surface area contributed by atoms with Crippen LogP contribution in [-0.4, -0.2) is 10.1 Å². The Kier molecular flexibility index (Phi) is 1.68. The van der Waals surface area contributed by atoms with E-state index in [2.05, 4.69) is 4.98 Å². The van der Waals surface area contributed by atoms with Crippen molar-refractivity contribution >= 4 is 11.3 Å². The Labute approximate surface area is 56.0 Å². The molecule has 0 amide bonds. The van der Waals surface area contributed by atoms with E-state index in [0.29, 0.717) is 0 Å². The van der Waals surface area contributed by atoms with Gasteiger partial charge >= 0.3 is 4.87 Å². The average molecular weight is 145 g/mol. The number of aromatic nitrogens is 1. The van der Waals surface area contributed by atoms with Crippen molar-refractivity contribution in [3.63, 3.8) is 0 Å². The maximum atomic E-state index is 10.5. The van der Waals surface area contributed by atoms with E-state index in [9.17, 15) is 4.79 Å². The molecule has 0 aromatic carbocycles. The van der Waals surface area contributed by atoms with E-state index in [1.807, 2.05) is 0 Å². The number of aliphatic hydroxyl groups is 1. The first-order valence-electron chi connectivity index (χ1n) is 2.53. The van der Waals surface area contributed by atoms with Gasteiger partial charge in [0.15, 0.2) is 0 Å². The number of aliphatic hydroxyl groups excluding tert-OH is 1. The van der Waals surface area contributed by atoms with Crippen LogP contribution in [0.5, 0.6) is 0 Å². The lowest BCUT2D eigenvalue weighted by atomic mass is 10.4. The summed E-state index contributed by atoms with van der Waals surface area (Å²) in [6.07, 6.45) is 0. The summed E-state index contributed by atoms with van der Waals surface area (Å²) in [5, 5.41) is 8.58. The Balaban J connectivity index is 3.16. The number of nitrogens with one attached hydrogen (secondary N) is 1. The first-order valence-corrected chi connectivity index (χ1v) is 3.35. The van der Waals surface area contributed by atoms with Gasteiger partial charge in [0.05, 0.1) is 11.5 Å². The molecule has 0 aliphatic rings. The second-order valence-electron chi connectivity index (χ2n) is 1.72. The molecule has 1 heterocycles. The van der Waals surface area contributed by atoms with Crippen LogP contribution in [0.3, 0.4) is 0 Å². The molecule has 0 radical (unpaired) electrons. The number of hydrogen-bond donors (Lipinski definition) is 2. The van der Waals surface area contributed by atoms with Crippen LogP contribution in [0.1, 0.15) is 10.6 Å². The summed E-state index contributed by atoms with van der Waals surface area (Å²) in [4.78, 5) is 13.7. The number of H-pyrrole nitrogens is 1. The van der Waals surface area contributed by atoms with Crippen molar-refractivity contribution < 1.29 is 5.11 Å². The largest absolute Gasteiger partial charge is 0.391 e. The molecule has 1 aromatic rings. The van der Waals surface area contributed by atoms with Crippen LogP contribution in [-0.2, 0) is 6.61 Å². The van der Waals surface area contributed by atoms with E-state index in [0.717, 1.165) is 21.9 Å². The van der Waals surface area contributed by atoms with E-state index in [4.69, 9.17) is 5.11 Å².